The number of nitrogens with one attached hydrogen (secondary N) is 3. The van der Waals surface area contributed by atoms with Gasteiger partial charge in [-0.3, -0.25) is 24.4 Å². The molecule has 1 aliphatic heterocycles. The average molecular weight is 449 g/mol. The van der Waals surface area contributed by atoms with Gasteiger partial charge >= 0.3 is 11.9 Å². The van der Waals surface area contributed by atoms with Gasteiger partial charge in [0.1, 0.15) is 17.2 Å². The van der Waals surface area contributed by atoms with Crippen molar-refractivity contribution in [3.63, 3.8) is 0 Å². The molecule has 3 N–H and O–H groups in total. The summed E-state index contributed by atoms with van der Waals surface area (Å²) in [5.41, 5.74) is -8.83. The largest absolute Gasteiger partial charge is 0.425 e. The van der Waals surface area contributed by atoms with Crippen molar-refractivity contribution in [2.75, 3.05) is 5.32 Å². The highest BCUT2D eigenvalue weighted by molar-refractivity contribution is 6.09. The average Bonchev–Trinajstić information content (AvgIpc) is 3.03. The first-order valence-electron chi connectivity index (χ1n) is 8.83. The fourth-order valence-corrected chi connectivity index (χ4v) is 3.39. The number of pyridine rings is 1. The van der Waals surface area contributed by atoms with Crippen LogP contribution in [0.1, 0.15) is 15.9 Å². The van der Waals surface area contributed by atoms with Crippen LogP contribution in [0.25, 0.3) is 5.69 Å². The molecule has 1 atom stereocenters. The van der Waals surface area contributed by atoms with Gasteiger partial charge in [0.05, 0.1) is 5.69 Å². The SMILES string of the molecule is O=C(N[C@@]1(C(F)(F)F)C(=O)Nc2c1c(=O)[nH]c(=O)n2-c1ccccc1F)c1ccncc1. The highest BCUT2D eigenvalue weighted by atomic mass is 19.4. The minimum Gasteiger partial charge on any atom is -0.326 e. The lowest BCUT2D eigenvalue weighted by atomic mass is 9.91. The highest BCUT2D eigenvalue weighted by Gasteiger charge is 2.68. The molecule has 0 saturated carbocycles. The van der Waals surface area contributed by atoms with Crippen molar-refractivity contribution in [3.05, 3.63) is 86.6 Å². The number of alkyl halides is 3. The maximum absolute atomic E-state index is 14.3. The Kier molecular flexibility index (Phi) is 4.68. The number of para-hydroxylation sites is 1. The summed E-state index contributed by atoms with van der Waals surface area (Å²) in [6, 6.07) is 6.74. The summed E-state index contributed by atoms with van der Waals surface area (Å²) in [6.07, 6.45) is -3.24. The fraction of sp³-hybridized carbons (Fsp3) is 0.105. The van der Waals surface area contributed by atoms with Gasteiger partial charge in [-0.2, -0.15) is 13.2 Å². The van der Waals surface area contributed by atoms with Crippen LogP contribution in [0.5, 0.6) is 0 Å². The number of aromatic nitrogens is 3. The number of hydrogen-bond donors (Lipinski definition) is 3. The normalized spacial score (nSPS) is 17.6. The smallest absolute Gasteiger partial charge is 0.326 e. The summed E-state index contributed by atoms with van der Waals surface area (Å²) in [4.78, 5) is 55.4. The van der Waals surface area contributed by atoms with Gasteiger partial charge in [0.15, 0.2) is 0 Å². The molecular weight excluding hydrogens is 438 g/mol. The molecule has 1 aliphatic rings. The summed E-state index contributed by atoms with van der Waals surface area (Å²) in [5.74, 6) is -5.11. The first kappa shape index (κ1) is 21.0. The number of carbonyl (C=O) groups excluding carboxylic acids is 2. The second kappa shape index (κ2) is 7.14. The Morgan fingerprint density at radius 1 is 1.06 bits per heavy atom. The fourth-order valence-electron chi connectivity index (χ4n) is 3.39. The van der Waals surface area contributed by atoms with Gasteiger partial charge in [-0.25, -0.2) is 13.8 Å². The number of halogens is 4. The zero-order chi connectivity index (χ0) is 23.3. The minimum absolute atomic E-state index is 0.274. The van der Waals surface area contributed by atoms with E-state index in [9.17, 15) is 36.7 Å². The lowest BCUT2D eigenvalue weighted by Gasteiger charge is -2.30. The molecule has 3 aromatic rings. The molecule has 0 spiro atoms. The van der Waals surface area contributed by atoms with Crippen LogP contribution in [-0.4, -0.2) is 32.5 Å². The number of fused-ring (bicyclic) bond motifs is 1. The molecule has 32 heavy (non-hydrogen) atoms. The molecule has 4 rings (SSSR count). The van der Waals surface area contributed by atoms with E-state index in [1.54, 1.807) is 10.3 Å². The summed E-state index contributed by atoms with van der Waals surface area (Å²) in [5, 5.41) is 3.39. The number of benzene rings is 1. The quantitative estimate of drug-likeness (QED) is 0.518. The van der Waals surface area contributed by atoms with Crippen molar-refractivity contribution in [3.8, 4) is 5.69 Å². The third kappa shape index (κ3) is 2.97. The van der Waals surface area contributed by atoms with E-state index < -0.39 is 57.7 Å². The number of aromatic amines is 1. The van der Waals surface area contributed by atoms with E-state index in [-0.39, 0.29) is 5.56 Å². The predicted molar refractivity (Wildman–Crippen MR) is 101 cm³/mol. The molecule has 0 fully saturated rings. The number of carbonyl (C=O) groups is 2. The van der Waals surface area contributed by atoms with Gasteiger partial charge in [-0.1, -0.05) is 12.1 Å². The summed E-state index contributed by atoms with van der Waals surface area (Å²) in [6.45, 7) is 0. The van der Waals surface area contributed by atoms with Crippen LogP contribution in [0.3, 0.4) is 0 Å². The Bertz CT molecular complexity index is 1370. The van der Waals surface area contributed by atoms with Gasteiger partial charge in [-0.15, -0.1) is 0 Å². The number of nitrogens with zero attached hydrogens (tertiary/aromatic N) is 2. The first-order chi connectivity index (χ1) is 15.1. The van der Waals surface area contributed by atoms with Crippen LogP contribution in [0.15, 0.2) is 58.4 Å². The molecule has 9 nitrogen and oxygen atoms in total. The van der Waals surface area contributed by atoms with E-state index in [0.29, 0.717) is 4.57 Å². The van der Waals surface area contributed by atoms with Gasteiger partial charge in [-0.05, 0) is 24.3 Å². The summed E-state index contributed by atoms with van der Waals surface area (Å²) >= 11 is 0. The van der Waals surface area contributed by atoms with Crippen molar-refractivity contribution in [1.29, 1.82) is 0 Å². The van der Waals surface area contributed by atoms with Crippen molar-refractivity contribution < 1.29 is 27.2 Å². The van der Waals surface area contributed by atoms with E-state index in [4.69, 9.17) is 0 Å². The van der Waals surface area contributed by atoms with E-state index in [0.717, 1.165) is 36.7 Å². The van der Waals surface area contributed by atoms with Crippen molar-refractivity contribution in [2.24, 2.45) is 0 Å². The van der Waals surface area contributed by atoms with E-state index in [1.807, 2.05) is 5.32 Å². The molecule has 1 aromatic carbocycles. The van der Waals surface area contributed by atoms with Gasteiger partial charge in [0.25, 0.3) is 22.9 Å². The number of amides is 2. The number of rotatable bonds is 3. The van der Waals surface area contributed by atoms with Crippen molar-refractivity contribution in [2.45, 2.75) is 11.7 Å². The summed E-state index contributed by atoms with van der Waals surface area (Å²) < 4.78 is 57.6. The molecule has 13 heteroatoms. The molecule has 0 aliphatic carbocycles. The second-order valence-corrected chi connectivity index (χ2v) is 6.66. The maximum atomic E-state index is 14.3. The lowest BCUT2D eigenvalue weighted by molar-refractivity contribution is -0.196. The van der Waals surface area contributed by atoms with Crippen LogP contribution in [-0.2, 0) is 10.3 Å². The minimum atomic E-state index is -5.52. The van der Waals surface area contributed by atoms with Crippen molar-refractivity contribution >= 4 is 17.6 Å². The Morgan fingerprint density at radius 3 is 2.34 bits per heavy atom. The first-order valence-corrected chi connectivity index (χ1v) is 8.83. The Balaban J connectivity index is 2.01. The number of hydrogen-bond acceptors (Lipinski definition) is 5. The lowest BCUT2D eigenvalue weighted by Crippen LogP contribution is -2.62. The van der Waals surface area contributed by atoms with E-state index in [1.165, 1.54) is 12.1 Å². The standard InChI is InChI=1S/C19H11F4N5O4/c20-10-3-1-2-4-11(10)28-13-12(15(30)26-17(28)32)18(16(31)25-13,19(21,22)23)27-14(29)9-5-7-24-8-6-9/h1-8H,(H,25,31)(H,27,29)(H,26,30,32)/t18-/m1/s1. The molecule has 164 valence electrons. The topological polar surface area (TPSA) is 126 Å². The van der Waals surface area contributed by atoms with Gasteiger partial charge < -0.3 is 10.6 Å². The molecule has 0 unspecified atom stereocenters. The monoisotopic (exact) mass is 449 g/mol. The molecule has 2 aromatic heterocycles. The molecular formula is C19H11F4N5O4. The Labute approximate surface area is 174 Å². The predicted octanol–water partition coefficient (Wildman–Crippen LogP) is 1.20. The number of anilines is 1. The van der Waals surface area contributed by atoms with Gasteiger partial charge in [0, 0.05) is 18.0 Å². The Hall–Kier alpha value is -4.29. The maximum Gasteiger partial charge on any atom is 0.425 e. The van der Waals surface area contributed by atoms with Gasteiger partial charge in [0.2, 0.25) is 0 Å². The van der Waals surface area contributed by atoms with Crippen LogP contribution >= 0.6 is 0 Å². The molecule has 2 amide bonds. The van der Waals surface area contributed by atoms with Crippen LogP contribution in [0.2, 0.25) is 0 Å². The Morgan fingerprint density at radius 2 is 1.72 bits per heavy atom. The molecule has 0 saturated heterocycles. The highest BCUT2D eigenvalue weighted by Crippen LogP contribution is 2.45. The zero-order valence-electron chi connectivity index (χ0n) is 15.7. The van der Waals surface area contributed by atoms with E-state index in [2.05, 4.69) is 4.98 Å². The molecule has 0 radical (unpaired) electrons. The second-order valence-electron chi connectivity index (χ2n) is 6.66. The van der Waals surface area contributed by atoms with Crippen LogP contribution in [0.4, 0.5) is 23.4 Å². The molecule has 3 heterocycles. The zero-order valence-corrected chi connectivity index (χ0v) is 15.7. The van der Waals surface area contributed by atoms with E-state index >= 15 is 0 Å². The summed E-state index contributed by atoms with van der Waals surface area (Å²) in [7, 11) is 0. The van der Waals surface area contributed by atoms with Crippen LogP contribution in [0, 0.1) is 5.82 Å². The van der Waals surface area contributed by atoms with Crippen LogP contribution < -0.4 is 21.9 Å². The molecule has 0 bridgehead atoms. The van der Waals surface area contributed by atoms with Crippen molar-refractivity contribution in [1.82, 2.24) is 19.9 Å². The number of H-pyrrole nitrogens is 1. The third-order valence-electron chi connectivity index (χ3n) is 4.82. The third-order valence-corrected chi connectivity index (χ3v) is 4.82.